The molecule has 0 atom stereocenters. The van der Waals surface area contributed by atoms with E-state index in [2.05, 4.69) is 0 Å². The summed E-state index contributed by atoms with van der Waals surface area (Å²) in [7, 11) is 0. The van der Waals surface area contributed by atoms with Gasteiger partial charge < -0.3 is 0 Å². The van der Waals surface area contributed by atoms with E-state index in [0.29, 0.717) is 5.06 Å². The van der Waals surface area contributed by atoms with E-state index in [1.807, 2.05) is 0 Å². The first-order valence-corrected chi connectivity index (χ1v) is 2.93. The van der Waals surface area contributed by atoms with Crippen molar-refractivity contribution < 1.29 is 10.0 Å². The van der Waals surface area contributed by atoms with Crippen molar-refractivity contribution in [1.82, 2.24) is 5.06 Å². The number of hydrogen-bond donors (Lipinski definition) is 2. The highest BCUT2D eigenvalue weighted by Gasteiger charge is 2.24. The third-order valence-corrected chi connectivity index (χ3v) is 1.60. The number of thioether (sulfide) groups is 1. The van der Waals surface area contributed by atoms with E-state index in [0.717, 1.165) is 11.8 Å². The van der Waals surface area contributed by atoms with Crippen LogP contribution in [0.4, 0.5) is 0 Å². The van der Waals surface area contributed by atoms with Crippen LogP contribution in [0.1, 0.15) is 0 Å². The van der Waals surface area contributed by atoms with Gasteiger partial charge in [-0.2, -0.15) is 5.06 Å². The van der Waals surface area contributed by atoms with Crippen LogP contribution in [0.25, 0.3) is 0 Å². The summed E-state index contributed by atoms with van der Waals surface area (Å²) in [6, 6.07) is 0. The Bertz CT molecular complexity index is 130. The zero-order valence-corrected chi connectivity index (χ0v) is 4.73. The van der Waals surface area contributed by atoms with Crippen molar-refractivity contribution in [3.8, 4) is 0 Å². The Morgan fingerprint density at radius 2 is 2.50 bits per heavy atom. The molecule has 4 nitrogen and oxygen atoms in total. The zero-order valence-electron chi connectivity index (χ0n) is 3.92. The molecule has 0 saturated carbocycles. The summed E-state index contributed by atoms with van der Waals surface area (Å²) < 4.78 is 0. The minimum Gasteiger partial charge on any atom is -0.279 e. The summed E-state index contributed by atoms with van der Waals surface area (Å²) >= 11 is 1.02. The van der Waals surface area contributed by atoms with Crippen LogP contribution in [-0.2, 0) is 4.79 Å². The molecule has 0 radical (unpaired) electrons. The Hall–Kier alpha value is -0.550. The first kappa shape index (κ1) is 5.58. The number of amides is 1. The second kappa shape index (κ2) is 1.75. The molecule has 8 heavy (non-hydrogen) atoms. The predicted molar refractivity (Wildman–Crippen MR) is 28.8 cm³/mol. The zero-order chi connectivity index (χ0) is 6.15. The standard InChI is InChI=1S/C3H4N2O2S/c4-3-5(7)2(6)1-8-3/h4,7H,1H2. The molecule has 0 unspecified atom stereocenters. The molecule has 1 saturated heterocycles. The molecule has 5 heteroatoms. The number of carbonyl (C=O) groups is 1. The first-order chi connectivity index (χ1) is 3.72. The molecule has 0 bridgehead atoms. The summed E-state index contributed by atoms with van der Waals surface area (Å²) in [6.07, 6.45) is 0. The molecule has 0 spiro atoms. The Balaban J connectivity index is 2.70. The topological polar surface area (TPSA) is 64.4 Å². The Morgan fingerprint density at radius 1 is 1.88 bits per heavy atom. The number of nitrogens with zero attached hydrogens (tertiary/aromatic N) is 1. The van der Waals surface area contributed by atoms with Crippen molar-refractivity contribution >= 4 is 22.8 Å². The summed E-state index contributed by atoms with van der Waals surface area (Å²) in [5.74, 6) is -0.227. The molecule has 1 aliphatic heterocycles. The predicted octanol–water partition coefficient (Wildman–Crippen LogP) is -0.114. The van der Waals surface area contributed by atoms with Gasteiger partial charge >= 0.3 is 0 Å². The smallest absolute Gasteiger partial charge is 0.263 e. The molecule has 2 N–H and O–H groups in total. The first-order valence-electron chi connectivity index (χ1n) is 1.95. The second-order valence-corrected chi connectivity index (χ2v) is 2.26. The van der Waals surface area contributed by atoms with Crippen molar-refractivity contribution in [3.05, 3.63) is 0 Å². The van der Waals surface area contributed by atoms with Crippen molar-refractivity contribution in [1.29, 1.82) is 5.41 Å². The molecule has 44 valence electrons. The van der Waals surface area contributed by atoms with Crippen molar-refractivity contribution in [2.75, 3.05) is 5.75 Å². The molecular formula is C3H4N2O2S. The van der Waals surface area contributed by atoms with Crippen LogP contribution in [0.2, 0.25) is 0 Å². The second-order valence-electron chi connectivity index (χ2n) is 1.30. The van der Waals surface area contributed by atoms with Gasteiger partial charge in [0.05, 0.1) is 5.75 Å². The van der Waals surface area contributed by atoms with Gasteiger partial charge in [0, 0.05) is 0 Å². The quantitative estimate of drug-likeness (QED) is 0.452. The molecule has 1 rings (SSSR count). The molecule has 1 aliphatic rings. The number of amidine groups is 1. The molecule has 0 aliphatic carbocycles. The molecule has 0 aromatic carbocycles. The van der Waals surface area contributed by atoms with Gasteiger partial charge in [0.15, 0.2) is 5.17 Å². The molecule has 1 fully saturated rings. The highest BCUT2D eigenvalue weighted by atomic mass is 32.2. The van der Waals surface area contributed by atoms with Crippen LogP contribution in [0.5, 0.6) is 0 Å². The van der Waals surface area contributed by atoms with Gasteiger partial charge in [-0.15, -0.1) is 0 Å². The normalized spacial score (nSPS) is 20.4. The fraction of sp³-hybridized carbons (Fsp3) is 0.333. The maximum atomic E-state index is 10.3. The SMILES string of the molecule is N=C1SCC(=O)N1O. The van der Waals surface area contributed by atoms with E-state index in [9.17, 15) is 4.79 Å². The largest absolute Gasteiger partial charge is 0.279 e. The van der Waals surface area contributed by atoms with Crippen LogP contribution in [0.15, 0.2) is 0 Å². The minimum absolute atomic E-state index is 0.0880. The number of nitrogens with one attached hydrogen (secondary N) is 1. The lowest BCUT2D eigenvalue weighted by molar-refractivity contribution is -0.144. The molecule has 0 aromatic heterocycles. The van der Waals surface area contributed by atoms with E-state index < -0.39 is 5.91 Å². The fourth-order valence-corrected chi connectivity index (χ4v) is 0.972. The van der Waals surface area contributed by atoms with E-state index in [4.69, 9.17) is 10.6 Å². The van der Waals surface area contributed by atoms with Gasteiger partial charge in [0.2, 0.25) is 0 Å². The molecule has 1 heterocycles. The maximum Gasteiger partial charge on any atom is 0.263 e. The van der Waals surface area contributed by atoms with Crippen molar-refractivity contribution in [3.63, 3.8) is 0 Å². The Labute approximate surface area is 49.9 Å². The van der Waals surface area contributed by atoms with Gasteiger partial charge in [-0.05, 0) is 0 Å². The Morgan fingerprint density at radius 3 is 2.62 bits per heavy atom. The van der Waals surface area contributed by atoms with Crippen molar-refractivity contribution in [2.45, 2.75) is 0 Å². The lowest BCUT2D eigenvalue weighted by atomic mass is 10.7. The molecular weight excluding hydrogens is 128 g/mol. The lowest BCUT2D eigenvalue weighted by Crippen LogP contribution is -2.24. The van der Waals surface area contributed by atoms with E-state index >= 15 is 0 Å². The summed E-state index contributed by atoms with van der Waals surface area (Å²) in [6.45, 7) is 0. The van der Waals surface area contributed by atoms with Crippen LogP contribution in [0, 0.1) is 5.41 Å². The maximum absolute atomic E-state index is 10.3. The minimum atomic E-state index is -0.417. The number of hydrogen-bond acceptors (Lipinski definition) is 4. The number of carbonyl (C=O) groups excluding carboxylic acids is 1. The number of hydroxylamine groups is 2. The monoisotopic (exact) mass is 132 g/mol. The number of rotatable bonds is 0. The third kappa shape index (κ3) is 0.696. The Kier molecular flexibility index (Phi) is 1.22. The van der Waals surface area contributed by atoms with Gasteiger partial charge in [-0.3, -0.25) is 15.4 Å². The average Bonchev–Trinajstić information content (AvgIpc) is 1.98. The fourth-order valence-electron chi connectivity index (χ4n) is 0.366. The summed E-state index contributed by atoms with van der Waals surface area (Å²) in [5, 5.41) is 15.6. The summed E-state index contributed by atoms with van der Waals surface area (Å²) in [5.41, 5.74) is 0. The molecule has 1 amide bonds. The van der Waals surface area contributed by atoms with Crippen LogP contribution in [-0.4, -0.2) is 27.1 Å². The highest BCUT2D eigenvalue weighted by Crippen LogP contribution is 2.14. The van der Waals surface area contributed by atoms with Gasteiger partial charge in [0.25, 0.3) is 5.91 Å². The van der Waals surface area contributed by atoms with Crippen LogP contribution in [0.3, 0.4) is 0 Å². The molecule has 0 aromatic rings. The van der Waals surface area contributed by atoms with Crippen LogP contribution >= 0.6 is 11.8 Å². The van der Waals surface area contributed by atoms with Gasteiger partial charge in [-0.25, -0.2) is 0 Å². The summed E-state index contributed by atoms with van der Waals surface area (Å²) in [4.78, 5) is 10.3. The van der Waals surface area contributed by atoms with Crippen LogP contribution < -0.4 is 0 Å². The van der Waals surface area contributed by atoms with Gasteiger partial charge in [-0.1, -0.05) is 11.8 Å². The van der Waals surface area contributed by atoms with E-state index in [1.54, 1.807) is 0 Å². The van der Waals surface area contributed by atoms with Gasteiger partial charge in [0.1, 0.15) is 0 Å². The third-order valence-electron chi connectivity index (χ3n) is 0.761. The lowest BCUT2D eigenvalue weighted by Gasteiger charge is -2.00. The van der Waals surface area contributed by atoms with E-state index in [-0.39, 0.29) is 10.9 Å². The highest BCUT2D eigenvalue weighted by molar-refractivity contribution is 8.14. The van der Waals surface area contributed by atoms with E-state index in [1.165, 1.54) is 0 Å². The average molecular weight is 132 g/mol. The van der Waals surface area contributed by atoms with Crippen molar-refractivity contribution in [2.24, 2.45) is 0 Å².